The van der Waals surface area contributed by atoms with Gasteiger partial charge >= 0.3 is 0 Å². The van der Waals surface area contributed by atoms with E-state index in [1.165, 1.54) is 25.9 Å². The third-order valence-corrected chi connectivity index (χ3v) is 1.83. The second kappa shape index (κ2) is 3.83. The summed E-state index contributed by atoms with van der Waals surface area (Å²) in [5.74, 6) is -0.343. The molecule has 0 aliphatic carbocycles. The number of nitrogens with two attached hydrogens (primary N) is 1. The first-order chi connectivity index (χ1) is 5.24. The van der Waals surface area contributed by atoms with Crippen LogP contribution in [0.4, 0.5) is 0 Å². The van der Waals surface area contributed by atoms with Crippen LogP contribution in [0.3, 0.4) is 0 Å². The molecule has 0 heterocycles. The minimum Gasteiger partial charge on any atom is -0.347 e. The van der Waals surface area contributed by atoms with Gasteiger partial charge in [0.05, 0.1) is 6.04 Å². The van der Waals surface area contributed by atoms with E-state index >= 15 is 0 Å². The van der Waals surface area contributed by atoms with Crippen LogP contribution in [0.1, 0.15) is 6.92 Å². The molecule has 0 aliphatic heterocycles. The summed E-state index contributed by atoms with van der Waals surface area (Å²) in [6, 6.07) is -0.824. The highest BCUT2D eigenvalue weighted by Gasteiger charge is 2.18. The molecule has 0 bridgehead atoms. The Hall–Kier alpha value is -0.660. The summed E-state index contributed by atoms with van der Waals surface area (Å²) >= 11 is 0. The van der Waals surface area contributed by atoms with Gasteiger partial charge in [-0.05, 0) is 6.92 Å². The molecule has 12 heavy (non-hydrogen) atoms. The molecule has 0 aromatic carbocycles. The average molecular weight is 195 g/mol. The number of rotatable bonds is 3. The standard InChI is InChI=1S/C5H13N3O3S/c1-4(5(9)8(2)3)7-12(6,10)11/h4,7H,1-3H3,(H2,6,10,11). The van der Waals surface area contributed by atoms with E-state index in [0.717, 1.165) is 0 Å². The van der Waals surface area contributed by atoms with E-state index in [1.54, 1.807) is 0 Å². The first-order valence-corrected chi connectivity index (χ1v) is 4.80. The van der Waals surface area contributed by atoms with E-state index < -0.39 is 16.3 Å². The molecule has 1 atom stereocenters. The van der Waals surface area contributed by atoms with Crippen molar-refractivity contribution in [2.45, 2.75) is 13.0 Å². The number of likely N-dealkylation sites (N-methyl/N-ethyl adjacent to an activating group) is 1. The van der Waals surface area contributed by atoms with E-state index in [4.69, 9.17) is 0 Å². The largest absolute Gasteiger partial charge is 0.347 e. The second-order valence-corrected chi connectivity index (χ2v) is 3.94. The van der Waals surface area contributed by atoms with Crippen LogP contribution in [-0.4, -0.2) is 39.4 Å². The van der Waals surface area contributed by atoms with Crippen LogP contribution < -0.4 is 9.86 Å². The van der Waals surface area contributed by atoms with E-state index in [1.807, 2.05) is 4.72 Å². The topological polar surface area (TPSA) is 92.5 Å². The van der Waals surface area contributed by atoms with E-state index in [9.17, 15) is 13.2 Å². The van der Waals surface area contributed by atoms with Crippen LogP contribution in [0.15, 0.2) is 0 Å². The van der Waals surface area contributed by atoms with Gasteiger partial charge in [0.2, 0.25) is 5.91 Å². The van der Waals surface area contributed by atoms with Gasteiger partial charge in [-0.25, -0.2) is 5.14 Å². The number of carbonyl (C=O) groups is 1. The van der Waals surface area contributed by atoms with Crippen LogP contribution in [0.5, 0.6) is 0 Å². The predicted molar refractivity (Wildman–Crippen MR) is 44.4 cm³/mol. The first kappa shape index (κ1) is 11.3. The quantitative estimate of drug-likeness (QED) is 0.559. The summed E-state index contributed by atoms with van der Waals surface area (Å²) in [5.41, 5.74) is 0. The fraction of sp³-hybridized carbons (Fsp3) is 0.800. The molecule has 1 amide bonds. The maximum absolute atomic E-state index is 11.1. The van der Waals surface area contributed by atoms with Gasteiger partial charge in [-0.1, -0.05) is 0 Å². The smallest absolute Gasteiger partial charge is 0.275 e. The second-order valence-electron chi connectivity index (χ2n) is 2.62. The lowest BCUT2D eigenvalue weighted by atomic mass is 10.3. The highest BCUT2D eigenvalue weighted by atomic mass is 32.2. The van der Waals surface area contributed by atoms with Crippen molar-refractivity contribution in [3.63, 3.8) is 0 Å². The Morgan fingerprint density at radius 2 is 1.92 bits per heavy atom. The molecule has 0 saturated heterocycles. The molecule has 3 N–H and O–H groups in total. The van der Waals surface area contributed by atoms with E-state index in [0.29, 0.717) is 0 Å². The summed E-state index contributed by atoms with van der Waals surface area (Å²) < 4.78 is 22.9. The molecule has 0 rings (SSSR count). The molecule has 1 unspecified atom stereocenters. The monoisotopic (exact) mass is 195 g/mol. The minimum absolute atomic E-state index is 0.343. The zero-order valence-electron chi connectivity index (χ0n) is 7.23. The normalized spacial score (nSPS) is 14.0. The summed E-state index contributed by atoms with van der Waals surface area (Å²) in [7, 11) is -0.737. The Morgan fingerprint density at radius 3 is 2.17 bits per heavy atom. The van der Waals surface area contributed by atoms with Crippen LogP contribution in [0.25, 0.3) is 0 Å². The molecule has 0 fully saturated rings. The maximum Gasteiger partial charge on any atom is 0.275 e. The van der Waals surface area contributed by atoms with Gasteiger partial charge in [-0.2, -0.15) is 13.1 Å². The number of amides is 1. The van der Waals surface area contributed by atoms with E-state index in [2.05, 4.69) is 5.14 Å². The first-order valence-electron chi connectivity index (χ1n) is 3.25. The minimum atomic E-state index is -3.80. The van der Waals surface area contributed by atoms with Crippen LogP contribution in [-0.2, 0) is 15.0 Å². The summed E-state index contributed by atoms with van der Waals surface area (Å²) in [4.78, 5) is 12.3. The lowest BCUT2D eigenvalue weighted by Gasteiger charge is -2.16. The average Bonchev–Trinajstić information content (AvgIpc) is 1.82. The van der Waals surface area contributed by atoms with Crippen molar-refractivity contribution in [1.29, 1.82) is 0 Å². The van der Waals surface area contributed by atoms with Gasteiger partial charge in [0.25, 0.3) is 10.2 Å². The van der Waals surface area contributed by atoms with Crippen LogP contribution in [0, 0.1) is 0 Å². The predicted octanol–water partition coefficient (Wildman–Crippen LogP) is -1.74. The van der Waals surface area contributed by atoms with Crippen molar-refractivity contribution >= 4 is 16.1 Å². The van der Waals surface area contributed by atoms with Crippen molar-refractivity contribution < 1.29 is 13.2 Å². The molecule has 0 aromatic rings. The number of hydrogen-bond donors (Lipinski definition) is 2. The molecular formula is C5H13N3O3S. The molecular weight excluding hydrogens is 182 g/mol. The van der Waals surface area contributed by atoms with E-state index in [-0.39, 0.29) is 5.91 Å². The Labute approximate surface area is 71.9 Å². The zero-order valence-corrected chi connectivity index (χ0v) is 8.05. The molecule has 0 aliphatic rings. The Bertz CT molecular complexity index is 259. The Morgan fingerprint density at radius 1 is 1.50 bits per heavy atom. The number of nitrogens with one attached hydrogen (secondary N) is 1. The van der Waals surface area contributed by atoms with Crippen molar-refractivity contribution in [3.05, 3.63) is 0 Å². The molecule has 7 heteroatoms. The third-order valence-electron chi connectivity index (χ3n) is 1.15. The van der Waals surface area contributed by atoms with Gasteiger partial charge in [0.15, 0.2) is 0 Å². The summed E-state index contributed by atoms with van der Waals surface area (Å²) in [6.07, 6.45) is 0. The van der Waals surface area contributed by atoms with Crippen LogP contribution in [0.2, 0.25) is 0 Å². The molecule has 6 nitrogen and oxygen atoms in total. The molecule has 0 saturated carbocycles. The van der Waals surface area contributed by atoms with Gasteiger partial charge in [0.1, 0.15) is 0 Å². The van der Waals surface area contributed by atoms with Crippen LogP contribution >= 0.6 is 0 Å². The van der Waals surface area contributed by atoms with Gasteiger partial charge in [0, 0.05) is 14.1 Å². The number of carbonyl (C=O) groups excluding carboxylic acids is 1. The van der Waals surface area contributed by atoms with Crippen molar-refractivity contribution in [1.82, 2.24) is 9.62 Å². The number of nitrogens with zero attached hydrogens (tertiary/aromatic N) is 1. The highest BCUT2D eigenvalue weighted by molar-refractivity contribution is 7.87. The lowest BCUT2D eigenvalue weighted by molar-refractivity contribution is -0.130. The zero-order chi connectivity index (χ0) is 9.94. The van der Waals surface area contributed by atoms with Crippen molar-refractivity contribution in [2.24, 2.45) is 5.14 Å². The van der Waals surface area contributed by atoms with Crippen molar-refractivity contribution in [3.8, 4) is 0 Å². The fourth-order valence-corrected chi connectivity index (χ4v) is 1.28. The third kappa shape index (κ3) is 4.27. The van der Waals surface area contributed by atoms with Gasteiger partial charge < -0.3 is 4.90 Å². The number of hydrogen-bond acceptors (Lipinski definition) is 3. The SMILES string of the molecule is CC(NS(N)(=O)=O)C(=O)N(C)C. The summed E-state index contributed by atoms with van der Waals surface area (Å²) in [5, 5.41) is 4.66. The fourth-order valence-electron chi connectivity index (χ4n) is 0.684. The Kier molecular flexibility index (Phi) is 3.62. The molecule has 0 spiro atoms. The molecule has 0 aromatic heterocycles. The molecule has 72 valence electrons. The maximum atomic E-state index is 11.1. The van der Waals surface area contributed by atoms with Gasteiger partial charge in [-0.3, -0.25) is 4.79 Å². The molecule has 0 radical (unpaired) electrons. The van der Waals surface area contributed by atoms with Crippen molar-refractivity contribution in [2.75, 3.05) is 14.1 Å². The summed E-state index contributed by atoms with van der Waals surface area (Å²) in [6.45, 7) is 1.42. The van der Waals surface area contributed by atoms with Gasteiger partial charge in [-0.15, -0.1) is 0 Å². The Balaban J connectivity index is 4.24. The highest BCUT2D eigenvalue weighted by Crippen LogP contribution is 1.88. The lowest BCUT2D eigenvalue weighted by Crippen LogP contribution is -2.46.